The average Bonchev–Trinajstić information content (AvgIpc) is 2.72. The predicted octanol–water partition coefficient (Wildman–Crippen LogP) is 4.17. The summed E-state index contributed by atoms with van der Waals surface area (Å²) in [6.07, 6.45) is 0. The van der Waals surface area contributed by atoms with Crippen LogP contribution in [0.1, 0.15) is 13.8 Å². The van der Waals surface area contributed by atoms with E-state index in [1.807, 2.05) is 42.2 Å². The van der Waals surface area contributed by atoms with Crippen LogP contribution in [0.3, 0.4) is 0 Å². The number of esters is 1. The Morgan fingerprint density at radius 2 is 1.64 bits per heavy atom. The van der Waals surface area contributed by atoms with Gasteiger partial charge in [0.1, 0.15) is 0 Å². The van der Waals surface area contributed by atoms with Crippen LogP contribution in [0.25, 0.3) is 0 Å². The smallest absolute Gasteiger partial charge is 0.309 e. The average molecular weight is 382 g/mol. The molecular weight excluding hydrogens is 356 g/mol. The minimum absolute atomic E-state index is 0.141. The second-order valence-electron chi connectivity index (χ2n) is 6.38. The van der Waals surface area contributed by atoms with Gasteiger partial charge in [0.15, 0.2) is 0 Å². The molecule has 0 spiro atoms. The molecule has 0 aromatic heterocycles. The van der Waals surface area contributed by atoms with Gasteiger partial charge in [0.25, 0.3) is 0 Å². The van der Waals surface area contributed by atoms with Crippen molar-refractivity contribution in [3.8, 4) is 0 Å². The lowest BCUT2D eigenvalue weighted by atomic mass is 10.1. The van der Waals surface area contributed by atoms with Gasteiger partial charge in [-0.1, -0.05) is 32.0 Å². The summed E-state index contributed by atoms with van der Waals surface area (Å²) in [6, 6.07) is 16.6. The summed E-state index contributed by atoms with van der Waals surface area (Å²) >= 11 is 0. The van der Waals surface area contributed by atoms with E-state index in [1.54, 1.807) is 31.2 Å². The van der Waals surface area contributed by atoms with Crippen molar-refractivity contribution in [2.45, 2.75) is 13.8 Å². The maximum absolute atomic E-state index is 12.3. The van der Waals surface area contributed by atoms with E-state index in [2.05, 4.69) is 15.5 Å². The highest BCUT2D eigenvalue weighted by atomic mass is 16.5. The number of benzene rings is 2. The maximum atomic E-state index is 12.3. The van der Waals surface area contributed by atoms with Crippen molar-refractivity contribution in [3.63, 3.8) is 0 Å². The van der Waals surface area contributed by atoms with Gasteiger partial charge in [-0.2, -0.15) is 10.2 Å². The SMILES string of the molecule is CCN(CC(=O)Nc1ccc(N=Nc2ccccc2)cc1)CC(C)C(=O)OC. The number of ether oxygens (including phenoxy) is 1. The van der Waals surface area contributed by atoms with Crippen LogP contribution in [-0.4, -0.2) is 43.5 Å². The standard InChI is InChI=1S/C21H26N4O3/c1-4-25(14-16(2)21(27)28-3)15-20(26)22-17-10-12-19(13-11-17)24-23-18-8-6-5-7-9-18/h5-13,16H,4,14-15H2,1-3H3,(H,22,26). The van der Waals surface area contributed by atoms with Crippen molar-refractivity contribution in [3.05, 3.63) is 54.6 Å². The maximum Gasteiger partial charge on any atom is 0.309 e. The third-order valence-corrected chi connectivity index (χ3v) is 4.14. The number of nitrogens with one attached hydrogen (secondary N) is 1. The van der Waals surface area contributed by atoms with Crippen LogP contribution in [0.5, 0.6) is 0 Å². The monoisotopic (exact) mass is 382 g/mol. The molecule has 0 fully saturated rings. The number of hydrogen-bond acceptors (Lipinski definition) is 6. The number of rotatable bonds is 9. The van der Waals surface area contributed by atoms with Gasteiger partial charge in [-0.25, -0.2) is 0 Å². The Kier molecular flexibility index (Phi) is 8.30. The van der Waals surface area contributed by atoms with Gasteiger partial charge in [0.2, 0.25) is 5.91 Å². The number of azo groups is 1. The number of nitrogens with zero attached hydrogens (tertiary/aromatic N) is 3. The Balaban J connectivity index is 1.87. The zero-order valence-electron chi connectivity index (χ0n) is 16.5. The largest absolute Gasteiger partial charge is 0.469 e. The lowest BCUT2D eigenvalue weighted by molar-refractivity contribution is -0.145. The molecule has 1 atom stereocenters. The number of hydrogen-bond donors (Lipinski definition) is 1. The third-order valence-electron chi connectivity index (χ3n) is 4.14. The van der Waals surface area contributed by atoms with Crippen LogP contribution >= 0.6 is 0 Å². The lowest BCUT2D eigenvalue weighted by Gasteiger charge is -2.22. The number of methoxy groups -OCH3 is 1. The van der Waals surface area contributed by atoms with E-state index in [1.165, 1.54) is 7.11 Å². The number of anilines is 1. The molecule has 0 radical (unpaired) electrons. The molecule has 1 unspecified atom stereocenters. The van der Waals surface area contributed by atoms with E-state index in [0.29, 0.717) is 24.5 Å². The molecule has 1 amide bonds. The zero-order chi connectivity index (χ0) is 20.4. The van der Waals surface area contributed by atoms with E-state index in [-0.39, 0.29) is 24.3 Å². The number of likely N-dealkylation sites (N-methyl/N-ethyl adjacent to an activating group) is 1. The molecule has 148 valence electrons. The molecule has 0 heterocycles. The Bertz CT molecular complexity index is 791. The first-order valence-corrected chi connectivity index (χ1v) is 9.18. The van der Waals surface area contributed by atoms with Crippen molar-refractivity contribution >= 4 is 28.9 Å². The fourth-order valence-electron chi connectivity index (χ4n) is 2.59. The van der Waals surface area contributed by atoms with Crippen LogP contribution < -0.4 is 5.32 Å². The van der Waals surface area contributed by atoms with Gasteiger partial charge < -0.3 is 10.1 Å². The van der Waals surface area contributed by atoms with E-state index in [9.17, 15) is 9.59 Å². The summed E-state index contributed by atoms with van der Waals surface area (Å²) in [5, 5.41) is 11.2. The molecule has 0 saturated carbocycles. The molecule has 2 aromatic carbocycles. The molecule has 0 aliphatic rings. The van der Waals surface area contributed by atoms with Crippen LogP contribution in [0.15, 0.2) is 64.8 Å². The normalized spacial score (nSPS) is 12.1. The summed E-state index contributed by atoms with van der Waals surface area (Å²) in [7, 11) is 1.37. The minimum Gasteiger partial charge on any atom is -0.469 e. The minimum atomic E-state index is -0.285. The second kappa shape index (κ2) is 10.9. The van der Waals surface area contributed by atoms with Crippen molar-refractivity contribution < 1.29 is 14.3 Å². The molecule has 7 heteroatoms. The Morgan fingerprint density at radius 3 is 2.21 bits per heavy atom. The molecule has 1 N–H and O–H groups in total. The lowest BCUT2D eigenvalue weighted by Crippen LogP contribution is -2.38. The quantitative estimate of drug-likeness (QED) is 0.521. The van der Waals surface area contributed by atoms with E-state index < -0.39 is 0 Å². The summed E-state index contributed by atoms with van der Waals surface area (Å²) in [5.41, 5.74) is 2.16. The second-order valence-corrected chi connectivity index (χ2v) is 6.38. The summed E-state index contributed by atoms with van der Waals surface area (Å²) < 4.78 is 4.73. The summed E-state index contributed by atoms with van der Waals surface area (Å²) in [6.45, 7) is 5.06. The fourth-order valence-corrected chi connectivity index (χ4v) is 2.59. The van der Waals surface area contributed by atoms with Gasteiger partial charge >= 0.3 is 5.97 Å². The topological polar surface area (TPSA) is 83.4 Å². The number of carbonyl (C=O) groups is 2. The van der Waals surface area contributed by atoms with Gasteiger partial charge in [-0.05, 0) is 42.9 Å². The summed E-state index contributed by atoms with van der Waals surface area (Å²) in [5.74, 6) is -0.705. The van der Waals surface area contributed by atoms with Crippen LogP contribution in [0, 0.1) is 5.92 Å². The molecule has 2 rings (SSSR count). The Labute approximate surface area is 165 Å². The first-order valence-electron chi connectivity index (χ1n) is 9.18. The van der Waals surface area contributed by atoms with E-state index in [0.717, 1.165) is 5.69 Å². The van der Waals surface area contributed by atoms with Crippen LogP contribution in [0.4, 0.5) is 17.1 Å². The Morgan fingerprint density at radius 1 is 1.04 bits per heavy atom. The Hall–Kier alpha value is -3.06. The van der Waals surface area contributed by atoms with Gasteiger partial charge in [0, 0.05) is 12.2 Å². The first kappa shape index (κ1) is 21.2. The van der Waals surface area contributed by atoms with Gasteiger partial charge in [-0.3, -0.25) is 14.5 Å². The van der Waals surface area contributed by atoms with E-state index in [4.69, 9.17) is 4.74 Å². The molecule has 0 aliphatic heterocycles. The number of carbonyl (C=O) groups excluding carboxylic acids is 2. The highest BCUT2D eigenvalue weighted by molar-refractivity contribution is 5.92. The molecule has 0 saturated heterocycles. The number of amides is 1. The highest BCUT2D eigenvalue weighted by Gasteiger charge is 2.18. The first-order chi connectivity index (χ1) is 13.5. The molecular formula is C21H26N4O3. The van der Waals surface area contributed by atoms with E-state index >= 15 is 0 Å². The van der Waals surface area contributed by atoms with Crippen LogP contribution in [-0.2, 0) is 14.3 Å². The zero-order valence-corrected chi connectivity index (χ0v) is 16.5. The molecule has 7 nitrogen and oxygen atoms in total. The van der Waals surface area contributed by atoms with Crippen molar-refractivity contribution in [2.75, 3.05) is 32.1 Å². The van der Waals surface area contributed by atoms with Crippen molar-refractivity contribution in [1.29, 1.82) is 0 Å². The molecule has 0 aliphatic carbocycles. The molecule has 28 heavy (non-hydrogen) atoms. The molecule has 0 bridgehead atoms. The van der Waals surface area contributed by atoms with Crippen molar-refractivity contribution in [1.82, 2.24) is 4.90 Å². The van der Waals surface area contributed by atoms with Crippen LogP contribution in [0.2, 0.25) is 0 Å². The van der Waals surface area contributed by atoms with Gasteiger partial charge in [0.05, 0.1) is 30.9 Å². The highest BCUT2D eigenvalue weighted by Crippen LogP contribution is 2.20. The third kappa shape index (κ3) is 6.92. The fraction of sp³-hybridized carbons (Fsp3) is 0.333. The molecule has 2 aromatic rings. The summed E-state index contributed by atoms with van der Waals surface area (Å²) in [4.78, 5) is 25.7. The predicted molar refractivity (Wildman–Crippen MR) is 109 cm³/mol. The van der Waals surface area contributed by atoms with Gasteiger partial charge in [-0.15, -0.1) is 0 Å². The van der Waals surface area contributed by atoms with Crippen molar-refractivity contribution in [2.24, 2.45) is 16.1 Å².